The van der Waals surface area contributed by atoms with Gasteiger partial charge in [0.2, 0.25) is 5.91 Å². The molecule has 2 amide bonds. The minimum absolute atomic E-state index is 0.223. The van der Waals surface area contributed by atoms with Gasteiger partial charge in [0, 0.05) is 10.9 Å². The van der Waals surface area contributed by atoms with E-state index in [0.29, 0.717) is 27.0 Å². The second kappa shape index (κ2) is 8.07. The standard InChI is InChI=1S/C18H13ClFN3O2S/c19-14-7-2-1-6-13(14)17(25)21-9-16(24)23-18-22-15(10-26-18)11-4-3-5-12(20)8-11/h1-8,10H,9H2,(H,21,25)(H,22,23,24). The predicted octanol–water partition coefficient (Wildman–Crippen LogP) is 3.97. The van der Waals surface area contributed by atoms with Crippen molar-refractivity contribution in [1.29, 1.82) is 0 Å². The number of anilines is 1. The highest BCUT2D eigenvalue weighted by atomic mass is 35.5. The van der Waals surface area contributed by atoms with Crippen LogP contribution in [0.15, 0.2) is 53.9 Å². The first-order chi connectivity index (χ1) is 12.5. The van der Waals surface area contributed by atoms with Crippen molar-refractivity contribution in [2.45, 2.75) is 0 Å². The Labute approximate surface area is 157 Å². The van der Waals surface area contributed by atoms with Crippen LogP contribution in [0, 0.1) is 5.82 Å². The molecule has 8 heteroatoms. The molecule has 26 heavy (non-hydrogen) atoms. The molecule has 1 heterocycles. The molecule has 2 N–H and O–H groups in total. The van der Waals surface area contributed by atoms with E-state index in [1.165, 1.54) is 23.5 Å². The smallest absolute Gasteiger partial charge is 0.253 e. The van der Waals surface area contributed by atoms with Crippen molar-refractivity contribution in [2.24, 2.45) is 0 Å². The predicted molar refractivity (Wildman–Crippen MR) is 99.9 cm³/mol. The zero-order chi connectivity index (χ0) is 18.5. The van der Waals surface area contributed by atoms with Gasteiger partial charge in [-0.3, -0.25) is 9.59 Å². The Morgan fingerprint density at radius 1 is 1.15 bits per heavy atom. The molecule has 0 unspecified atom stereocenters. The number of nitrogens with one attached hydrogen (secondary N) is 2. The van der Waals surface area contributed by atoms with Crippen LogP contribution in [0.1, 0.15) is 10.4 Å². The summed E-state index contributed by atoms with van der Waals surface area (Å²) in [5.41, 5.74) is 1.48. The van der Waals surface area contributed by atoms with E-state index in [0.717, 1.165) is 0 Å². The number of aromatic nitrogens is 1. The summed E-state index contributed by atoms with van der Waals surface area (Å²) >= 11 is 7.15. The third-order valence-electron chi connectivity index (χ3n) is 3.40. The largest absolute Gasteiger partial charge is 0.343 e. The topological polar surface area (TPSA) is 71.1 Å². The number of carbonyl (C=O) groups is 2. The molecular formula is C18H13ClFN3O2S. The highest BCUT2D eigenvalue weighted by molar-refractivity contribution is 7.14. The fraction of sp³-hybridized carbons (Fsp3) is 0.0556. The number of carbonyl (C=O) groups excluding carboxylic acids is 2. The quantitative estimate of drug-likeness (QED) is 0.693. The molecular weight excluding hydrogens is 377 g/mol. The summed E-state index contributed by atoms with van der Waals surface area (Å²) in [6.07, 6.45) is 0. The van der Waals surface area contributed by atoms with Crippen LogP contribution in [0.3, 0.4) is 0 Å². The Kier molecular flexibility index (Phi) is 5.60. The van der Waals surface area contributed by atoms with E-state index in [9.17, 15) is 14.0 Å². The molecule has 0 atom stereocenters. The maximum Gasteiger partial charge on any atom is 0.253 e. The molecule has 0 aliphatic rings. The van der Waals surface area contributed by atoms with Gasteiger partial charge in [-0.05, 0) is 24.3 Å². The van der Waals surface area contributed by atoms with Crippen LogP contribution in [0.4, 0.5) is 9.52 Å². The normalized spacial score (nSPS) is 10.4. The summed E-state index contributed by atoms with van der Waals surface area (Å²) in [5, 5.41) is 7.48. The molecule has 0 saturated carbocycles. The summed E-state index contributed by atoms with van der Waals surface area (Å²) in [4.78, 5) is 28.2. The molecule has 0 bridgehead atoms. The van der Waals surface area contributed by atoms with Crippen molar-refractivity contribution in [2.75, 3.05) is 11.9 Å². The Bertz CT molecular complexity index is 961. The maximum atomic E-state index is 13.3. The Morgan fingerprint density at radius 2 is 1.96 bits per heavy atom. The summed E-state index contributed by atoms with van der Waals surface area (Å²) in [5.74, 6) is -1.22. The second-order valence-corrected chi connectivity index (χ2v) is 6.52. The molecule has 3 aromatic rings. The van der Waals surface area contributed by atoms with Gasteiger partial charge in [-0.2, -0.15) is 0 Å². The van der Waals surface area contributed by atoms with Gasteiger partial charge in [0.25, 0.3) is 5.91 Å². The molecule has 3 rings (SSSR count). The first-order valence-corrected chi connectivity index (χ1v) is 8.83. The number of hydrogen-bond acceptors (Lipinski definition) is 4. The van der Waals surface area contributed by atoms with E-state index in [1.54, 1.807) is 41.8 Å². The molecule has 0 fully saturated rings. The van der Waals surface area contributed by atoms with Gasteiger partial charge < -0.3 is 10.6 Å². The van der Waals surface area contributed by atoms with Crippen molar-refractivity contribution in [1.82, 2.24) is 10.3 Å². The van der Waals surface area contributed by atoms with Crippen LogP contribution in [-0.2, 0) is 4.79 Å². The zero-order valence-corrected chi connectivity index (χ0v) is 14.9. The van der Waals surface area contributed by atoms with Gasteiger partial charge in [-0.1, -0.05) is 35.9 Å². The van der Waals surface area contributed by atoms with Gasteiger partial charge >= 0.3 is 0 Å². The van der Waals surface area contributed by atoms with Gasteiger partial charge in [-0.15, -0.1) is 11.3 Å². The minimum atomic E-state index is -0.440. The van der Waals surface area contributed by atoms with Gasteiger partial charge in [0.1, 0.15) is 5.82 Å². The van der Waals surface area contributed by atoms with Gasteiger partial charge in [-0.25, -0.2) is 9.37 Å². The lowest BCUT2D eigenvalue weighted by Crippen LogP contribution is -2.32. The fourth-order valence-corrected chi connectivity index (χ4v) is 3.13. The van der Waals surface area contributed by atoms with E-state index in [1.807, 2.05) is 0 Å². The monoisotopic (exact) mass is 389 g/mol. The molecule has 0 radical (unpaired) electrons. The van der Waals surface area contributed by atoms with E-state index >= 15 is 0 Å². The van der Waals surface area contributed by atoms with Crippen molar-refractivity contribution >= 4 is 39.9 Å². The molecule has 0 aliphatic carbocycles. The van der Waals surface area contributed by atoms with Gasteiger partial charge in [0.05, 0.1) is 22.8 Å². The van der Waals surface area contributed by atoms with E-state index in [4.69, 9.17) is 11.6 Å². The summed E-state index contributed by atoms with van der Waals surface area (Å²) in [6, 6.07) is 12.6. The number of nitrogens with zero attached hydrogens (tertiary/aromatic N) is 1. The fourth-order valence-electron chi connectivity index (χ4n) is 2.18. The summed E-state index contributed by atoms with van der Waals surface area (Å²) in [6.45, 7) is -0.223. The van der Waals surface area contributed by atoms with Crippen LogP contribution in [0.25, 0.3) is 11.3 Å². The average Bonchev–Trinajstić information content (AvgIpc) is 3.08. The Hall–Kier alpha value is -2.77. The number of halogens is 2. The SMILES string of the molecule is O=C(CNC(=O)c1ccccc1Cl)Nc1nc(-c2cccc(F)c2)cs1. The number of rotatable bonds is 5. The molecule has 1 aromatic heterocycles. The van der Waals surface area contributed by atoms with Crippen LogP contribution in [-0.4, -0.2) is 23.3 Å². The van der Waals surface area contributed by atoms with E-state index in [2.05, 4.69) is 15.6 Å². The zero-order valence-electron chi connectivity index (χ0n) is 13.3. The van der Waals surface area contributed by atoms with Crippen molar-refractivity contribution in [3.63, 3.8) is 0 Å². The van der Waals surface area contributed by atoms with Crippen LogP contribution < -0.4 is 10.6 Å². The van der Waals surface area contributed by atoms with Gasteiger partial charge in [0.15, 0.2) is 5.13 Å². The number of thiazole rings is 1. The van der Waals surface area contributed by atoms with Crippen LogP contribution in [0.5, 0.6) is 0 Å². The second-order valence-electron chi connectivity index (χ2n) is 5.26. The Morgan fingerprint density at radius 3 is 2.73 bits per heavy atom. The molecule has 2 aromatic carbocycles. The van der Waals surface area contributed by atoms with Crippen molar-refractivity contribution in [3.8, 4) is 11.3 Å². The lowest BCUT2D eigenvalue weighted by Gasteiger charge is -2.06. The Balaban J connectivity index is 1.57. The minimum Gasteiger partial charge on any atom is -0.343 e. The third-order valence-corrected chi connectivity index (χ3v) is 4.49. The average molecular weight is 390 g/mol. The molecule has 5 nitrogen and oxygen atoms in total. The van der Waals surface area contributed by atoms with E-state index in [-0.39, 0.29) is 12.4 Å². The molecule has 0 aliphatic heterocycles. The lowest BCUT2D eigenvalue weighted by atomic mass is 10.2. The van der Waals surface area contributed by atoms with Crippen LogP contribution in [0.2, 0.25) is 5.02 Å². The third kappa shape index (κ3) is 4.44. The van der Waals surface area contributed by atoms with Crippen molar-refractivity contribution in [3.05, 3.63) is 70.3 Å². The van der Waals surface area contributed by atoms with E-state index < -0.39 is 11.8 Å². The van der Waals surface area contributed by atoms with Crippen molar-refractivity contribution < 1.29 is 14.0 Å². The molecule has 132 valence electrons. The lowest BCUT2D eigenvalue weighted by molar-refractivity contribution is -0.115. The number of hydrogen-bond donors (Lipinski definition) is 2. The first kappa shape index (κ1) is 18.0. The summed E-state index contributed by atoms with van der Waals surface area (Å²) < 4.78 is 13.3. The highest BCUT2D eigenvalue weighted by Crippen LogP contribution is 2.25. The molecule has 0 saturated heterocycles. The van der Waals surface area contributed by atoms with Crippen LogP contribution >= 0.6 is 22.9 Å². The molecule has 0 spiro atoms. The maximum absolute atomic E-state index is 13.3. The summed E-state index contributed by atoms with van der Waals surface area (Å²) in [7, 11) is 0. The first-order valence-electron chi connectivity index (χ1n) is 7.57. The number of benzene rings is 2. The number of amides is 2. The highest BCUT2D eigenvalue weighted by Gasteiger charge is 2.12.